The van der Waals surface area contributed by atoms with Crippen molar-refractivity contribution < 1.29 is 10.2 Å². The van der Waals surface area contributed by atoms with Crippen molar-refractivity contribution in [2.45, 2.75) is 20.4 Å². The smallest absolute Gasteiger partial charge is 0.138 e. The molecule has 120 valence electrons. The van der Waals surface area contributed by atoms with Gasteiger partial charge in [0, 0.05) is 18.5 Å². The number of benzene rings is 1. The highest BCUT2D eigenvalue weighted by Gasteiger charge is 2.24. The van der Waals surface area contributed by atoms with E-state index in [9.17, 15) is 10.2 Å². The van der Waals surface area contributed by atoms with Crippen molar-refractivity contribution in [1.82, 2.24) is 19.7 Å². The lowest BCUT2D eigenvalue weighted by Crippen LogP contribution is -2.38. The molecule has 0 bridgehead atoms. The Labute approximate surface area is 131 Å². The van der Waals surface area contributed by atoms with Crippen LogP contribution in [-0.2, 0) is 6.54 Å². The van der Waals surface area contributed by atoms with Crippen molar-refractivity contribution in [1.29, 1.82) is 0 Å². The Kier molecular flexibility index (Phi) is 5.28. The Morgan fingerprint density at radius 1 is 1.27 bits per heavy atom. The van der Waals surface area contributed by atoms with Crippen molar-refractivity contribution in [2.75, 3.05) is 26.8 Å². The third kappa shape index (κ3) is 3.91. The molecule has 0 saturated heterocycles. The number of nitrogens with zero attached hydrogens (tertiary/aromatic N) is 4. The van der Waals surface area contributed by atoms with Gasteiger partial charge < -0.3 is 15.1 Å². The molecule has 1 heterocycles. The fourth-order valence-electron chi connectivity index (χ4n) is 2.57. The summed E-state index contributed by atoms with van der Waals surface area (Å²) >= 11 is 0. The van der Waals surface area contributed by atoms with Crippen LogP contribution >= 0.6 is 0 Å². The molecule has 2 aromatic rings. The van der Waals surface area contributed by atoms with Gasteiger partial charge in [0.1, 0.15) is 12.7 Å². The molecule has 0 saturated carbocycles. The molecule has 2 rings (SSSR count). The van der Waals surface area contributed by atoms with Gasteiger partial charge in [-0.3, -0.25) is 0 Å². The summed E-state index contributed by atoms with van der Waals surface area (Å²) in [6.45, 7) is 5.25. The second-order valence-corrected chi connectivity index (χ2v) is 6.26. The summed E-state index contributed by atoms with van der Waals surface area (Å²) in [7, 11) is 1.99. The molecule has 0 aliphatic carbocycles. The number of aryl methyl sites for hydroxylation is 1. The van der Waals surface area contributed by atoms with Crippen LogP contribution in [0.15, 0.2) is 30.9 Å². The number of hydrogen-bond acceptors (Lipinski definition) is 5. The molecule has 0 aliphatic rings. The second-order valence-electron chi connectivity index (χ2n) is 6.26. The highest BCUT2D eigenvalue weighted by molar-refractivity contribution is 5.41. The van der Waals surface area contributed by atoms with Gasteiger partial charge in [0.2, 0.25) is 0 Å². The van der Waals surface area contributed by atoms with Crippen molar-refractivity contribution >= 4 is 0 Å². The largest absolute Gasteiger partial charge is 0.396 e. The van der Waals surface area contributed by atoms with Crippen molar-refractivity contribution in [2.24, 2.45) is 5.41 Å². The molecule has 0 fully saturated rings. The Morgan fingerprint density at radius 3 is 2.55 bits per heavy atom. The summed E-state index contributed by atoms with van der Waals surface area (Å²) in [6, 6.07) is 6.23. The predicted octanol–water partition coefficient (Wildman–Crippen LogP) is 0.998. The minimum Gasteiger partial charge on any atom is -0.396 e. The highest BCUT2D eigenvalue weighted by Crippen LogP contribution is 2.19. The van der Waals surface area contributed by atoms with Gasteiger partial charge in [0.25, 0.3) is 0 Å². The lowest BCUT2D eigenvalue weighted by molar-refractivity contribution is 0.0402. The maximum absolute atomic E-state index is 9.38. The van der Waals surface area contributed by atoms with Gasteiger partial charge in [-0.1, -0.05) is 19.1 Å². The molecule has 0 aliphatic heterocycles. The Hall–Kier alpha value is -1.76. The van der Waals surface area contributed by atoms with Crippen LogP contribution in [0.5, 0.6) is 0 Å². The molecule has 1 aromatic carbocycles. The molecule has 1 aromatic heterocycles. The number of aliphatic hydroxyl groups excluding tert-OH is 2. The normalized spacial score (nSPS) is 12.1. The van der Waals surface area contributed by atoms with E-state index in [1.807, 2.05) is 27.0 Å². The van der Waals surface area contributed by atoms with Crippen LogP contribution < -0.4 is 0 Å². The quantitative estimate of drug-likeness (QED) is 0.798. The first-order chi connectivity index (χ1) is 10.5. The first kappa shape index (κ1) is 16.6. The molecular weight excluding hydrogens is 280 g/mol. The summed E-state index contributed by atoms with van der Waals surface area (Å²) < 4.78 is 1.75. The van der Waals surface area contributed by atoms with Crippen LogP contribution in [0.25, 0.3) is 5.69 Å². The minimum atomic E-state index is -0.482. The van der Waals surface area contributed by atoms with E-state index in [2.05, 4.69) is 27.1 Å². The molecule has 22 heavy (non-hydrogen) atoms. The zero-order valence-electron chi connectivity index (χ0n) is 13.4. The standard InChI is InChI=1S/C16H24N4O2/c1-13-6-14(4-5-15(13)20-12-17-11-18-20)7-19(3)8-16(2,9-21)10-22/h4-6,11-12,21-22H,7-10H2,1-3H3. The van der Waals surface area contributed by atoms with Crippen LogP contribution in [0, 0.1) is 12.3 Å². The fraction of sp³-hybridized carbons (Fsp3) is 0.500. The molecule has 2 N–H and O–H groups in total. The van der Waals surface area contributed by atoms with Gasteiger partial charge in [-0.2, -0.15) is 5.10 Å². The van der Waals surface area contributed by atoms with E-state index in [1.165, 1.54) is 11.9 Å². The topological polar surface area (TPSA) is 74.4 Å². The third-order valence-corrected chi connectivity index (χ3v) is 3.79. The van der Waals surface area contributed by atoms with Crippen LogP contribution in [-0.4, -0.2) is 56.7 Å². The summed E-state index contributed by atoms with van der Waals surface area (Å²) in [5, 5.41) is 22.9. The lowest BCUT2D eigenvalue weighted by atomic mass is 9.92. The van der Waals surface area contributed by atoms with Gasteiger partial charge in [0.15, 0.2) is 0 Å². The minimum absolute atomic E-state index is 0.0297. The third-order valence-electron chi connectivity index (χ3n) is 3.79. The van der Waals surface area contributed by atoms with Crippen molar-refractivity contribution in [3.63, 3.8) is 0 Å². The lowest BCUT2D eigenvalue weighted by Gasteiger charge is -2.30. The molecule has 6 heteroatoms. The predicted molar refractivity (Wildman–Crippen MR) is 84.7 cm³/mol. The van der Waals surface area contributed by atoms with Gasteiger partial charge in [-0.15, -0.1) is 0 Å². The first-order valence-corrected chi connectivity index (χ1v) is 7.32. The summed E-state index contributed by atoms with van der Waals surface area (Å²) in [5.74, 6) is 0. The van der Waals surface area contributed by atoms with Crippen LogP contribution in [0.3, 0.4) is 0 Å². The van der Waals surface area contributed by atoms with E-state index in [0.29, 0.717) is 6.54 Å². The van der Waals surface area contributed by atoms with Gasteiger partial charge in [-0.05, 0) is 31.2 Å². The van der Waals surface area contributed by atoms with E-state index >= 15 is 0 Å². The zero-order chi connectivity index (χ0) is 16.2. The molecule has 0 radical (unpaired) electrons. The van der Waals surface area contributed by atoms with Crippen LogP contribution in [0.4, 0.5) is 0 Å². The van der Waals surface area contributed by atoms with Gasteiger partial charge in [0.05, 0.1) is 18.9 Å². The Balaban J connectivity index is 2.06. The average Bonchev–Trinajstić information content (AvgIpc) is 3.01. The number of rotatable bonds is 7. The van der Waals surface area contributed by atoms with Crippen molar-refractivity contribution in [3.8, 4) is 5.69 Å². The molecule has 0 atom stereocenters. The zero-order valence-corrected chi connectivity index (χ0v) is 13.4. The monoisotopic (exact) mass is 304 g/mol. The summed E-state index contributed by atoms with van der Waals surface area (Å²) in [4.78, 5) is 6.07. The molecule has 0 spiro atoms. The fourth-order valence-corrected chi connectivity index (χ4v) is 2.57. The number of aromatic nitrogens is 3. The molecule has 0 unspecified atom stereocenters. The van der Waals surface area contributed by atoms with Crippen LogP contribution in [0.1, 0.15) is 18.1 Å². The van der Waals surface area contributed by atoms with Gasteiger partial charge >= 0.3 is 0 Å². The van der Waals surface area contributed by atoms with Crippen LogP contribution in [0.2, 0.25) is 0 Å². The summed E-state index contributed by atoms with van der Waals surface area (Å²) in [5.41, 5.74) is 2.84. The number of hydrogen-bond donors (Lipinski definition) is 2. The van der Waals surface area contributed by atoms with E-state index in [0.717, 1.165) is 17.8 Å². The molecule has 0 amide bonds. The Bertz CT molecular complexity index is 594. The van der Waals surface area contributed by atoms with E-state index in [4.69, 9.17) is 0 Å². The summed E-state index contributed by atoms with van der Waals surface area (Å²) in [6.07, 6.45) is 3.20. The second kappa shape index (κ2) is 7.00. The number of aliphatic hydroxyl groups is 2. The average molecular weight is 304 g/mol. The maximum atomic E-state index is 9.38. The SMILES string of the molecule is Cc1cc(CN(C)CC(C)(CO)CO)ccc1-n1cncn1. The van der Waals surface area contributed by atoms with E-state index in [1.54, 1.807) is 11.0 Å². The van der Waals surface area contributed by atoms with E-state index < -0.39 is 5.41 Å². The maximum Gasteiger partial charge on any atom is 0.138 e. The molecule has 6 nitrogen and oxygen atoms in total. The van der Waals surface area contributed by atoms with E-state index in [-0.39, 0.29) is 13.2 Å². The Morgan fingerprint density at radius 2 is 2.00 bits per heavy atom. The van der Waals surface area contributed by atoms with Crippen molar-refractivity contribution in [3.05, 3.63) is 42.0 Å². The van der Waals surface area contributed by atoms with Gasteiger partial charge in [-0.25, -0.2) is 9.67 Å². The molecular formula is C16H24N4O2. The first-order valence-electron chi connectivity index (χ1n) is 7.32. The highest BCUT2D eigenvalue weighted by atomic mass is 16.3.